The van der Waals surface area contributed by atoms with E-state index in [9.17, 15) is 43.0 Å². The van der Waals surface area contributed by atoms with Crippen molar-refractivity contribution in [3.63, 3.8) is 0 Å². The molecule has 3 rings (SSSR count). The lowest BCUT2D eigenvalue weighted by molar-refractivity contribution is -0.394. The van der Waals surface area contributed by atoms with Crippen LogP contribution in [0, 0.1) is 27.2 Å². The third kappa shape index (κ3) is 5.88. The molecule has 0 aliphatic heterocycles. The average molecular weight is 555 g/mol. The maximum absolute atomic E-state index is 13.5. The highest BCUT2D eigenvalue weighted by Crippen LogP contribution is 2.34. The summed E-state index contributed by atoms with van der Waals surface area (Å²) in [5.41, 5.74) is -4.47. The number of nitrogens with one attached hydrogen (secondary N) is 2. The number of halogens is 4. The first-order chi connectivity index (χ1) is 17.7. The van der Waals surface area contributed by atoms with Crippen molar-refractivity contribution in [1.82, 2.24) is 15.1 Å². The molecule has 16 heteroatoms. The van der Waals surface area contributed by atoms with E-state index in [4.69, 9.17) is 11.6 Å². The molecule has 0 aliphatic carbocycles. The quantitative estimate of drug-likeness (QED) is 0.290. The lowest BCUT2D eigenvalue weighted by Gasteiger charge is -2.15. The molecule has 2 aromatic carbocycles. The summed E-state index contributed by atoms with van der Waals surface area (Å²) in [6.07, 6.45) is -4.45. The fourth-order valence-electron chi connectivity index (χ4n) is 3.42. The van der Waals surface area contributed by atoms with Crippen molar-refractivity contribution >= 4 is 40.5 Å². The van der Waals surface area contributed by atoms with Gasteiger partial charge in [0.15, 0.2) is 5.69 Å². The van der Waals surface area contributed by atoms with Crippen molar-refractivity contribution < 1.29 is 32.6 Å². The molecular formula is C22H18ClF3N6O6. The smallest absolute Gasteiger partial charge is 0.352 e. The third-order valence-electron chi connectivity index (χ3n) is 5.15. The van der Waals surface area contributed by atoms with Crippen LogP contribution in [0.15, 0.2) is 36.4 Å². The largest absolute Gasteiger partial charge is 0.435 e. The van der Waals surface area contributed by atoms with Gasteiger partial charge in [0.25, 0.3) is 17.5 Å². The number of aromatic nitrogens is 2. The van der Waals surface area contributed by atoms with E-state index in [0.717, 1.165) is 12.1 Å². The summed E-state index contributed by atoms with van der Waals surface area (Å²) in [5, 5.41) is 31.1. The van der Waals surface area contributed by atoms with Gasteiger partial charge >= 0.3 is 11.9 Å². The van der Waals surface area contributed by atoms with Gasteiger partial charge in [-0.2, -0.15) is 18.3 Å². The Balaban J connectivity index is 2.17. The van der Waals surface area contributed by atoms with Crippen molar-refractivity contribution in [3.05, 3.63) is 84.2 Å². The summed E-state index contributed by atoms with van der Waals surface area (Å²) in [5.74, 6) is -1.81. The van der Waals surface area contributed by atoms with Crippen molar-refractivity contribution in [2.75, 3.05) is 11.9 Å². The van der Waals surface area contributed by atoms with Crippen LogP contribution in [0.25, 0.3) is 5.69 Å². The third-order valence-corrected chi connectivity index (χ3v) is 5.36. The number of carbonyl (C=O) groups is 2. The lowest BCUT2D eigenvalue weighted by Crippen LogP contribution is -2.26. The van der Waals surface area contributed by atoms with Crippen LogP contribution in [0.4, 0.5) is 30.2 Å². The van der Waals surface area contributed by atoms with E-state index in [0.29, 0.717) is 35.3 Å². The minimum atomic E-state index is -5.04. The van der Waals surface area contributed by atoms with Gasteiger partial charge in [-0.3, -0.25) is 29.8 Å². The first kappa shape index (κ1) is 28.0. The van der Waals surface area contributed by atoms with E-state index in [-0.39, 0.29) is 16.3 Å². The molecule has 0 atom stereocenters. The highest BCUT2D eigenvalue weighted by atomic mass is 35.5. The van der Waals surface area contributed by atoms with Crippen LogP contribution in [-0.2, 0) is 6.18 Å². The van der Waals surface area contributed by atoms with Gasteiger partial charge in [-0.25, -0.2) is 4.68 Å². The second-order valence-electron chi connectivity index (χ2n) is 7.87. The molecule has 12 nitrogen and oxygen atoms in total. The Bertz CT molecular complexity index is 1460. The van der Waals surface area contributed by atoms with Gasteiger partial charge in [0.2, 0.25) is 0 Å². The molecule has 0 fully saturated rings. The number of hydrogen-bond acceptors (Lipinski definition) is 7. The van der Waals surface area contributed by atoms with E-state index in [1.54, 1.807) is 0 Å². The molecule has 0 spiro atoms. The average Bonchev–Trinajstić information content (AvgIpc) is 3.29. The molecule has 2 amide bonds. The van der Waals surface area contributed by atoms with Crippen LogP contribution in [0.2, 0.25) is 5.02 Å². The zero-order valence-electron chi connectivity index (χ0n) is 19.6. The Morgan fingerprint density at radius 1 is 1.08 bits per heavy atom. The lowest BCUT2D eigenvalue weighted by atomic mass is 10.1. The number of nitrogens with zero attached hydrogens (tertiary/aromatic N) is 4. The van der Waals surface area contributed by atoms with E-state index in [1.807, 2.05) is 6.92 Å². The number of amides is 2. The number of carbonyl (C=O) groups excluding carboxylic acids is 2. The molecule has 3 aromatic rings. The van der Waals surface area contributed by atoms with Crippen molar-refractivity contribution in [3.8, 4) is 5.69 Å². The highest BCUT2D eigenvalue weighted by molar-refractivity contribution is 6.31. The predicted octanol–water partition coefficient (Wildman–Crippen LogP) is 5.06. The first-order valence-electron chi connectivity index (χ1n) is 10.7. The van der Waals surface area contributed by atoms with Gasteiger partial charge < -0.3 is 10.6 Å². The summed E-state index contributed by atoms with van der Waals surface area (Å²) in [4.78, 5) is 46.6. The molecule has 0 bridgehead atoms. The number of rotatable bonds is 8. The van der Waals surface area contributed by atoms with Gasteiger partial charge in [0, 0.05) is 23.7 Å². The Hall–Kier alpha value is -4.53. The summed E-state index contributed by atoms with van der Waals surface area (Å²) in [6, 6.07) is 5.19. The number of nitro groups is 2. The molecular weight excluding hydrogens is 537 g/mol. The summed E-state index contributed by atoms with van der Waals surface area (Å²) < 4.78 is 40.9. The summed E-state index contributed by atoms with van der Waals surface area (Å²) in [7, 11) is 0. The van der Waals surface area contributed by atoms with Crippen LogP contribution in [0.1, 0.15) is 45.4 Å². The zero-order valence-corrected chi connectivity index (χ0v) is 20.4. The van der Waals surface area contributed by atoms with Gasteiger partial charge in [-0.15, -0.1) is 0 Å². The molecule has 0 saturated carbocycles. The molecule has 1 heterocycles. The van der Waals surface area contributed by atoms with Crippen LogP contribution >= 0.6 is 11.6 Å². The monoisotopic (exact) mass is 554 g/mol. The van der Waals surface area contributed by atoms with E-state index in [2.05, 4.69) is 15.7 Å². The van der Waals surface area contributed by atoms with Crippen molar-refractivity contribution in [2.45, 2.75) is 26.4 Å². The summed E-state index contributed by atoms with van der Waals surface area (Å²) in [6.45, 7) is 3.60. The Morgan fingerprint density at radius 2 is 1.76 bits per heavy atom. The molecule has 0 saturated heterocycles. The molecule has 38 heavy (non-hydrogen) atoms. The van der Waals surface area contributed by atoms with E-state index in [1.165, 1.54) is 19.1 Å². The number of nitro benzene ring substituents is 2. The Kier molecular flexibility index (Phi) is 8.00. The fraction of sp³-hybridized carbons (Fsp3) is 0.227. The standard InChI is InChI=1S/C22H18ClF3N6O6/c1-3-6-27-20(33)14-8-12(23)7-11(2)19(14)28-21(34)17-10-18(22(24,25)26)29-30(17)15-5-4-13(31(35)36)9-16(15)32(37)38/h4-5,7-10H,3,6H2,1-2H3,(H,27,33)(H,28,34). The Labute approximate surface area is 216 Å². The number of hydrogen-bond donors (Lipinski definition) is 2. The molecule has 2 N–H and O–H groups in total. The van der Waals surface area contributed by atoms with Gasteiger partial charge in [-0.1, -0.05) is 18.5 Å². The normalized spacial score (nSPS) is 11.2. The molecule has 0 unspecified atom stereocenters. The zero-order chi connectivity index (χ0) is 28.4. The van der Waals surface area contributed by atoms with Gasteiger partial charge in [0.05, 0.1) is 27.2 Å². The summed E-state index contributed by atoms with van der Waals surface area (Å²) >= 11 is 6.05. The van der Waals surface area contributed by atoms with Crippen LogP contribution in [-0.4, -0.2) is 38.0 Å². The van der Waals surface area contributed by atoms with Crippen molar-refractivity contribution in [1.29, 1.82) is 0 Å². The minimum Gasteiger partial charge on any atom is -0.352 e. The van der Waals surface area contributed by atoms with Gasteiger partial charge in [-0.05, 0) is 37.1 Å². The molecule has 0 aliphatic rings. The number of aryl methyl sites for hydroxylation is 1. The van der Waals surface area contributed by atoms with Gasteiger partial charge in [0.1, 0.15) is 11.4 Å². The van der Waals surface area contributed by atoms with Crippen LogP contribution in [0.5, 0.6) is 0 Å². The predicted molar refractivity (Wildman–Crippen MR) is 129 cm³/mol. The van der Waals surface area contributed by atoms with E-state index < -0.39 is 56.3 Å². The topological polar surface area (TPSA) is 162 Å². The van der Waals surface area contributed by atoms with Crippen LogP contribution in [0.3, 0.4) is 0 Å². The first-order valence-corrected chi connectivity index (χ1v) is 11.1. The Morgan fingerprint density at radius 3 is 2.34 bits per heavy atom. The molecule has 1 aromatic heterocycles. The number of benzene rings is 2. The SMILES string of the molecule is CCCNC(=O)c1cc(Cl)cc(C)c1NC(=O)c1cc(C(F)(F)F)nn1-c1ccc([N+](=O)[O-])cc1[N+](=O)[O-]. The van der Waals surface area contributed by atoms with Crippen molar-refractivity contribution in [2.24, 2.45) is 0 Å². The molecule has 200 valence electrons. The number of alkyl halides is 3. The maximum Gasteiger partial charge on any atom is 0.435 e. The number of anilines is 1. The maximum atomic E-state index is 13.5. The van der Waals surface area contributed by atoms with E-state index >= 15 is 0 Å². The van der Waals surface area contributed by atoms with Crippen LogP contribution < -0.4 is 10.6 Å². The number of non-ortho nitro benzene ring substituents is 1. The molecule has 0 radical (unpaired) electrons. The fourth-order valence-corrected chi connectivity index (χ4v) is 3.69. The second-order valence-corrected chi connectivity index (χ2v) is 8.30. The second kappa shape index (κ2) is 10.8. The highest BCUT2D eigenvalue weighted by Gasteiger charge is 2.37. The minimum absolute atomic E-state index is 0.0625.